The minimum absolute atomic E-state index is 0.291. The van der Waals surface area contributed by atoms with Gasteiger partial charge >= 0.3 is 0 Å². The second kappa shape index (κ2) is 3.77. The van der Waals surface area contributed by atoms with Crippen molar-refractivity contribution in [3.05, 3.63) is 29.8 Å². The molecule has 1 atom stereocenters. The van der Waals surface area contributed by atoms with E-state index in [1.54, 1.807) is 7.11 Å². The average molecular weight is 180 g/mol. The van der Waals surface area contributed by atoms with Crippen molar-refractivity contribution >= 4 is 0 Å². The Balaban J connectivity index is 1.96. The van der Waals surface area contributed by atoms with Crippen molar-refractivity contribution in [2.75, 3.05) is 20.5 Å². The zero-order valence-corrected chi connectivity index (χ0v) is 7.53. The Morgan fingerprint density at radius 2 is 2.08 bits per heavy atom. The molecule has 1 heterocycles. The Bertz CT molecular complexity index is 264. The highest BCUT2D eigenvalue weighted by Gasteiger charge is 2.24. The van der Waals surface area contributed by atoms with Crippen molar-refractivity contribution in [1.82, 2.24) is 0 Å². The SMILES string of the molecule is COCOc1ccc(C2CO2)cc1. The van der Waals surface area contributed by atoms with Crippen molar-refractivity contribution in [2.24, 2.45) is 0 Å². The Morgan fingerprint density at radius 1 is 1.38 bits per heavy atom. The number of benzene rings is 1. The van der Waals surface area contributed by atoms with Crippen LogP contribution < -0.4 is 4.74 Å². The van der Waals surface area contributed by atoms with E-state index in [9.17, 15) is 0 Å². The van der Waals surface area contributed by atoms with Crippen LogP contribution in [0.25, 0.3) is 0 Å². The summed E-state index contributed by atoms with van der Waals surface area (Å²) in [4.78, 5) is 0. The zero-order valence-electron chi connectivity index (χ0n) is 7.53. The summed E-state index contributed by atoms with van der Waals surface area (Å²) in [7, 11) is 1.60. The quantitative estimate of drug-likeness (QED) is 0.522. The largest absolute Gasteiger partial charge is 0.468 e. The third-order valence-electron chi connectivity index (χ3n) is 1.93. The molecule has 1 aromatic carbocycles. The van der Waals surface area contributed by atoms with Crippen LogP contribution in [0.3, 0.4) is 0 Å². The van der Waals surface area contributed by atoms with Gasteiger partial charge < -0.3 is 14.2 Å². The normalized spacial score (nSPS) is 19.9. The van der Waals surface area contributed by atoms with E-state index in [1.807, 2.05) is 24.3 Å². The van der Waals surface area contributed by atoms with Crippen molar-refractivity contribution in [3.8, 4) is 5.75 Å². The van der Waals surface area contributed by atoms with Crippen LogP contribution in [0.5, 0.6) is 5.75 Å². The molecule has 0 spiro atoms. The molecule has 3 heteroatoms. The van der Waals surface area contributed by atoms with Gasteiger partial charge in [-0.1, -0.05) is 12.1 Å². The maximum absolute atomic E-state index is 5.25. The average Bonchev–Trinajstić information content (AvgIpc) is 2.99. The molecule has 13 heavy (non-hydrogen) atoms. The standard InChI is InChI=1S/C10H12O3/c1-11-7-13-9-4-2-8(3-5-9)10-6-12-10/h2-5,10H,6-7H2,1H3. The van der Waals surface area contributed by atoms with Gasteiger partial charge in [0.1, 0.15) is 11.9 Å². The molecule has 1 saturated heterocycles. The maximum atomic E-state index is 5.25. The van der Waals surface area contributed by atoms with Crippen LogP contribution in [0, 0.1) is 0 Å². The summed E-state index contributed by atoms with van der Waals surface area (Å²) in [6.45, 7) is 1.14. The second-order valence-electron chi connectivity index (χ2n) is 2.94. The van der Waals surface area contributed by atoms with Crippen LogP contribution in [0.1, 0.15) is 11.7 Å². The molecule has 0 aliphatic carbocycles. The van der Waals surface area contributed by atoms with Crippen LogP contribution in [0.4, 0.5) is 0 Å². The van der Waals surface area contributed by atoms with Gasteiger partial charge in [-0.15, -0.1) is 0 Å². The molecule has 2 rings (SSSR count). The Kier molecular flexibility index (Phi) is 2.47. The second-order valence-corrected chi connectivity index (χ2v) is 2.94. The van der Waals surface area contributed by atoms with E-state index < -0.39 is 0 Å². The molecule has 1 aromatic rings. The van der Waals surface area contributed by atoms with Crippen molar-refractivity contribution < 1.29 is 14.2 Å². The van der Waals surface area contributed by atoms with Crippen molar-refractivity contribution in [1.29, 1.82) is 0 Å². The lowest BCUT2D eigenvalue weighted by Gasteiger charge is -2.04. The zero-order chi connectivity index (χ0) is 9.10. The Labute approximate surface area is 77.2 Å². The topological polar surface area (TPSA) is 31.0 Å². The lowest BCUT2D eigenvalue weighted by molar-refractivity contribution is 0.0511. The van der Waals surface area contributed by atoms with Crippen LogP contribution >= 0.6 is 0 Å². The molecule has 1 unspecified atom stereocenters. The number of methoxy groups -OCH3 is 1. The Hall–Kier alpha value is -1.06. The lowest BCUT2D eigenvalue weighted by atomic mass is 10.2. The number of hydrogen-bond donors (Lipinski definition) is 0. The Morgan fingerprint density at radius 3 is 2.62 bits per heavy atom. The summed E-state index contributed by atoms with van der Waals surface area (Å²) < 4.78 is 15.2. The fraction of sp³-hybridized carbons (Fsp3) is 0.400. The third kappa shape index (κ3) is 2.20. The molecule has 0 saturated carbocycles. The molecule has 0 aromatic heterocycles. The maximum Gasteiger partial charge on any atom is 0.188 e. The highest BCUT2D eigenvalue weighted by molar-refractivity contribution is 5.29. The van der Waals surface area contributed by atoms with E-state index in [0.29, 0.717) is 12.9 Å². The number of epoxide rings is 1. The van der Waals surface area contributed by atoms with Crippen LogP contribution in [0.2, 0.25) is 0 Å². The molecule has 1 fully saturated rings. The first-order chi connectivity index (χ1) is 6.40. The molecule has 0 N–H and O–H groups in total. The summed E-state index contributed by atoms with van der Waals surface area (Å²) >= 11 is 0. The molecule has 1 aliphatic heterocycles. The molecular weight excluding hydrogens is 168 g/mol. The molecular formula is C10H12O3. The first-order valence-corrected chi connectivity index (χ1v) is 4.23. The number of ether oxygens (including phenoxy) is 3. The third-order valence-corrected chi connectivity index (χ3v) is 1.93. The number of hydrogen-bond acceptors (Lipinski definition) is 3. The monoisotopic (exact) mass is 180 g/mol. The van der Waals surface area contributed by atoms with Gasteiger partial charge in [0.05, 0.1) is 6.61 Å². The van der Waals surface area contributed by atoms with Crippen LogP contribution in [-0.4, -0.2) is 20.5 Å². The fourth-order valence-electron chi connectivity index (χ4n) is 1.15. The van der Waals surface area contributed by atoms with Gasteiger partial charge in [-0.05, 0) is 17.7 Å². The van der Waals surface area contributed by atoms with Gasteiger partial charge in [0.15, 0.2) is 6.79 Å². The van der Waals surface area contributed by atoms with E-state index in [0.717, 1.165) is 12.4 Å². The first-order valence-electron chi connectivity index (χ1n) is 4.23. The molecule has 1 aliphatic rings. The van der Waals surface area contributed by atoms with Gasteiger partial charge in [-0.3, -0.25) is 0 Å². The van der Waals surface area contributed by atoms with Crippen molar-refractivity contribution in [2.45, 2.75) is 6.10 Å². The van der Waals surface area contributed by atoms with Crippen LogP contribution in [0.15, 0.2) is 24.3 Å². The summed E-state index contributed by atoms with van der Waals surface area (Å²) in [5.74, 6) is 0.825. The fourth-order valence-corrected chi connectivity index (χ4v) is 1.15. The summed E-state index contributed by atoms with van der Waals surface area (Å²) in [5, 5.41) is 0. The van der Waals surface area contributed by atoms with E-state index >= 15 is 0 Å². The van der Waals surface area contributed by atoms with E-state index in [4.69, 9.17) is 14.2 Å². The highest BCUT2D eigenvalue weighted by Crippen LogP contribution is 2.30. The van der Waals surface area contributed by atoms with Gasteiger partial charge in [-0.2, -0.15) is 0 Å². The van der Waals surface area contributed by atoms with Gasteiger partial charge in [0, 0.05) is 7.11 Å². The van der Waals surface area contributed by atoms with E-state index in [1.165, 1.54) is 5.56 Å². The predicted molar refractivity (Wildman–Crippen MR) is 47.6 cm³/mol. The predicted octanol–water partition coefficient (Wildman–Crippen LogP) is 1.74. The summed E-state index contributed by atoms with van der Waals surface area (Å²) in [6.07, 6.45) is 0.316. The number of rotatable bonds is 4. The van der Waals surface area contributed by atoms with Gasteiger partial charge in [0.25, 0.3) is 0 Å². The molecule has 3 nitrogen and oxygen atoms in total. The molecule has 0 radical (unpaired) electrons. The van der Waals surface area contributed by atoms with Gasteiger partial charge in [0.2, 0.25) is 0 Å². The minimum atomic E-state index is 0.291. The molecule has 0 bridgehead atoms. The summed E-state index contributed by atoms with van der Waals surface area (Å²) in [6, 6.07) is 7.89. The van der Waals surface area contributed by atoms with E-state index in [2.05, 4.69) is 0 Å². The van der Waals surface area contributed by atoms with Crippen LogP contribution in [-0.2, 0) is 9.47 Å². The first kappa shape index (κ1) is 8.53. The smallest absolute Gasteiger partial charge is 0.188 e. The minimum Gasteiger partial charge on any atom is -0.468 e. The summed E-state index contributed by atoms with van der Waals surface area (Å²) in [5.41, 5.74) is 1.21. The molecule has 70 valence electrons. The lowest BCUT2D eigenvalue weighted by Crippen LogP contribution is -1.98. The van der Waals surface area contributed by atoms with E-state index in [-0.39, 0.29) is 0 Å². The van der Waals surface area contributed by atoms with Crippen molar-refractivity contribution in [3.63, 3.8) is 0 Å². The molecule has 0 amide bonds. The highest BCUT2D eigenvalue weighted by atomic mass is 16.7. The van der Waals surface area contributed by atoms with Gasteiger partial charge in [-0.25, -0.2) is 0 Å².